The molecule has 0 aromatic heterocycles. The molecule has 43 heavy (non-hydrogen) atoms. The molecule has 4 saturated carbocycles. The summed E-state index contributed by atoms with van der Waals surface area (Å²) in [5.41, 5.74) is 26.6. The van der Waals surface area contributed by atoms with E-state index in [0.717, 1.165) is 32.1 Å². The Balaban J connectivity index is 1.65. The van der Waals surface area contributed by atoms with Gasteiger partial charge in [0.2, 0.25) is 0 Å². The van der Waals surface area contributed by atoms with Crippen molar-refractivity contribution in [1.29, 1.82) is 0 Å². The van der Waals surface area contributed by atoms with Crippen LogP contribution in [0.25, 0.3) is 31.3 Å². The molecule has 0 aromatic rings. The zero-order valence-electron chi connectivity index (χ0n) is 26.8. The minimum Gasteiger partial charge on any atom is -0.378 e. The zero-order valence-corrected chi connectivity index (χ0v) is 26.8. The summed E-state index contributed by atoms with van der Waals surface area (Å²) in [5.74, 6) is 3.04. The molecular formula is C31H53N9O3. The van der Waals surface area contributed by atoms with Crippen molar-refractivity contribution in [3.8, 4) is 0 Å². The number of fused-ring (bicyclic) bond motifs is 5. The van der Waals surface area contributed by atoms with Crippen molar-refractivity contribution in [2.75, 3.05) is 39.5 Å². The number of azide groups is 3. The molecule has 0 heterocycles. The van der Waals surface area contributed by atoms with Crippen LogP contribution in [0.4, 0.5) is 0 Å². The summed E-state index contributed by atoms with van der Waals surface area (Å²) in [7, 11) is 0. The standard InChI is InChI=1S/C31H53N9O3/c1-5-6-7-21(2)24-8-9-25-29-26(20-28(31(24,25)4)43-17-14-37-40-34)30(3)11-10-23(41-15-12-35-38-32)18-22(30)19-27(29)42-16-13-36-39-33/h21-29H,5-20H2,1-4H3/t21-,22?,23+,24-,25+,26+,27?,28+,29?,30+,31-/m1/s1. The summed E-state index contributed by atoms with van der Waals surface area (Å²) in [6, 6.07) is 0. The number of nitrogens with zero attached hydrogens (tertiary/aromatic N) is 9. The number of ether oxygens (including phenoxy) is 3. The van der Waals surface area contributed by atoms with Gasteiger partial charge in [0.25, 0.3) is 0 Å². The third kappa shape index (κ3) is 7.22. The van der Waals surface area contributed by atoms with Gasteiger partial charge in [0.1, 0.15) is 0 Å². The Hall–Kier alpha value is -2.19. The highest BCUT2D eigenvalue weighted by Crippen LogP contribution is 2.69. The molecule has 4 aliphatic rings. The molecule has 0 aliphatic heterocycles. The maximum absolute atomic E-state index is 8.89. The van der Waals surface area contributed by atoms with Crippen LogP contribution < -0.4 is 0 Å². The monoisotopic (exact) mass is 599 g/mol. The van der Waals surface area contributed by atoms with E-state index in [4.69, 9.17) is 30.8 Å². The lowest BCUT2D eigenvalue weighted by atomic mass is 9.43. The average molecular weight is 600 g/mol. The van der Waals surface area contributed by atoms with E-state index in [1.165, 1.54) is 32.1 Å². The predicted molar refractivity (Wildman–Crippen MR) is 166 cm³/mol. The summed E-state index contributed by atoms with van der Waals surface area (Å²) in [4.78, 5) is 8.77. The fourth-order valence-corrected chi connectivity index (χ4v) is 10.2. The van der Waals surface area contributed by atoms with Crippen molar-refractivity contribution < 1.29 is 14.2 Å². The Labute approximate surface area is 256 Å². The minimum absolute atomic E-state index is 0.0296. The molecule has 12 nitrogen and oxygen atoms in total. The predicted octanol–water partition coefficient (Wildman–Crippen LogP) is 8.78. The van der Waals surface area contributed by atoms with Crippen LogP contribution in [0.3, 0.4) is 0 Å². The number of rotatable bonds is 16. The molecule has 240 valence electrons. The van der Waals surface area contributed by atoms with Crippen molar-refractivity contribution in [2.45, 2.75) is 110 Å². The molecule has 4 fully saturated rings. The van der Waals surface area contributed by atoms with E-state index in [1.54, 1.807) is 0 Å². The second-order valence-electron chi connectivity index (χ2n) is 14.0. The van der Waals surface area contributed by atoms with Crippen LogP contribution in [0, 0.1) is 46.3 Å². The van der Waals surface area contributed by atoms with Crippen LogP contribution in [0.1, 0.15) is 91.9 Å². The molecule has 0 radical (unpaired) electrons. The van der Waals surface area contributed by atoms with E-state index in [-0.39, 0.29) is 29.1 Å². The SMILES string of the molecule is CCCC[C@@H](C)[C@H]1CC[C@H]2C3C(OCCN=[N+]=[N-])CC4C[C@@H](OCCN=[N+]=[N-])CC[C@]4(C)[C@H]3C[C@H](OCCN=[N+]=[N-])[C@]12C. The summed E-state index contributed by atoms with van der Waals surface area (Å²) in [6.45, 7) is 12.2. The first-order valence-electron chi connectivity index (χ1n) is 16.7. The van der Waals surface area contributed by atoms with Gasteiger partial charge in [-0.3, -0.25) is 0 Å². The Morgan fingerprint density at radius 2 is 1.47 bits per heavy atom. The Morgan fingerprint density at radius 1 is 0.814 bits per heavy atom. The number of hydrogen-bond acceptors (Lipinski definition) is 6. The molecule has 12 heteroatoms. The summed E-state index contributed by atoms with van der Waals surface area (Å²) < 4.78 is 19.7. The fourth-order valence-electron chi connectivity index (χ4n) is 10.2. The van der Waals surface area contributed by atoms with E-state index in [1.807, 2.05) is 0 Å². The Kier molecular flexibility index (Phi) is 12.3. The van der Waals surface area contributed by atoms with Crippen molar-refractivity contribution >= 4 is 0 Å². The van der Waals surface area contributed by atoms with Gasteiger partial charge in [0.05, 0.1) is 38.1 Å². The van der Waals surface area contributed by atoms with Gasteiger partial charge in [-0.2, -0.15) is 0 Å². The molecule has 0 aromatic carbocycles. The van der Waals surface area contributed by atoms with Crippen LogP contribution in [0.15, 0.2) is 15.3 Å². The maximum atomic E-state index is 8.89. The van der Waals surface area contributed by atoms with Crippen LogP contribution >= 0.6 is 0 Å². The molecule has 4 rings (SSSR count). The van der Waals surface area contributed by atoms with Crippen LogP contribution in [-0.2, 0) is 14.2 Å². The highest BCUT2D eigenvalue weighted by atomic mass is 16.5. The van der Waals surface area contributed by atoms with Crippen molar-refractivity contribution in [3.63, 3.8) is 0 Å². The molecule has 0 bridgehead atoms. The van der Waals surface area contributed by atoms with E-state index in [0.29, 0.717) is 75.0 Å². The Bertz CT molecular complexity index is 1060. The van der Waals surface area contributed by atoms with E-state index >= 15 is 0 Å². The van der Waals surface area contributed by atoms with E-state index in [9.17, 15) is 0 Å². The van der Waals surface area contributed by atoms with Gasteiger partial charge in [-0.05, 0) is 102 Å². The van der Waals surface area contributed by atoms with Gasteiger partial charge in [-0.15, -0.1) is 0 Å². The largest absolute Gasteiger partial charge is 0.378 e. The van der Waals surface area contributed by atoms with Gasteiger partial charge in [-0.1, -0.05) is 62.3 Å². The second-order valence-corrected chi connectivity index (χ2v) is 14.0. The average Bonchev–Trinajstić information content (AvgIpc) is 3.37. The molecule has 4 aliphatic carbocycles. The molecule has 0 spiro atoms. The van der Waals surface area contributed by atoms with Crippen molar-refractivity contribution in [3.05, 3.63) is 31.3 Å². The first kappa shape index (κ1) is 33.7. The van der Waals surface area contributed by atoms with Crippen molar-refractivity contribution in [1.82, 2.24) is 0 Å². The fraction of sp³-hybridized carbons (Fsp3) is 1.00. The van der Waals surface area contributed by atoms with Gasteiger partial charge >= 0.3 is 0 Å². The topological polar surface area (TPSA) is 174 Å². The van der Waals surface area contributed by atoms with Crippen LogP contribution in [-0.4, -0.2) is 57.8 Å². The lowest BCUT2D eigenvalue weighted by Gasteiger charge is -2.64. The van der Waals surface area contributed by atoms with Crippen LogP contribution in [0.2, 0.25) is 0 Å². The molecular weight excluding hydrogens is 546 g/mol. The van der Waals surface area contributed by atoms with E-state index < -0.39 is 0 Å². The summed E-state index contributed by atoms with van der Waals surface area (Å²) in [5, 5.41) is 11.2. The van der Waals surface area contributed by atoms with Gasteiger partial charge in [-0.25, -0.2) is 0 Å². The molecule has 0 N–H and O–H groups in total. The molecule has 11 atom stereocenters. The molecule has 0 saturated heterocycles. The lowest BCUT2D eigenvalue weighted by molar-refractivity contribution is -0.226. The summed E-state index contributed by atoms with van der Waals surface area (Å²) in [6.07, 6.45) is 11.6. The minimum atomic E-state index is 0.0296. The van der Waals surface area contributed by atoms with Gasteiger partial charge in [0, 0.05) is 39.8 Å². The first-order chi connectivity index (χ1) is 20.8. The number of unbranched alkanes of at least 4 members (excludes halogenated alkanes) is 1. The maximum Gasteiger partial charge on any atom is 0.0637 e. The van der Waals surface area contributed by atoms with Gasteiger partial charge in [0.15, 0.2) is 0 Å². The second kappa shape index (κ2) is 15.7. The zero-order chi connectivity index (χ0) is 30.9. The molecule has 3 unspecified atom stereocenters. The first-order valence-corrected chi connectivity index (χ1v) is 16.7. The third-order valence-electron chi connectivity index (χ3n) is 12.2. The van der Waals surface area contributed by atoms with Crippen LogP contribution in [0.5, 0.6) is 0 Å². The Morgan fingerprint density at radius 3 is 2.12 bits per heavy atom. The smallest absolute Gasteiger partial charge is 0.0637 e. The highest BCUT2D eigenvalue weighted by molar-refractivity contribution is 5.15. The van der Waals surface area contributed by atoms with Crippen molar-refractivity contribution in [2.24, 2.45) is 61.7 Å². The molecule has 0 amide bonds. The number of hydrogen-bond donors (Lipinski definition) is 0. The highest BCUT2D eigenvalue weighted by Gasteiger charge is 2.66. The third-order valence-corrected chi connectivity index (χ3v) is 12.2. The van der Waals surface area contributed by atoms with E-state index in [2.05, 4.69) is 57.8 Å². The quantitative estimate of drug-likeness (QED) is 0.0747. The summed E-state index contributed by atoms with van der Waals surface area (Å²) >= 11 is 0. The van der Waals surface area contributed by atoms with Gasteiger partial charge < -0.3 is 14.2 Å². The lowest BCUT2D eigenvalue weighted by Crippen LogP contribution is -2.63. The normalized spacial score (nSPS) is 38.8.